The number of nitrogens with zero attached hydrogens (tertiary/aromatic N) is 1. The molecule has 112 valence electrons. The largest absolute Gasteiger partial charge is 0.431 e. The summed E-state index contributed by atoms with van der Waals surface area (Å²) in [5, 5.41) is 5.32. The molecule has 0 fully saturated rings. The van der Waals surface area contributed by atoms with Crippen LogP contribution in [0.4, 0.5) is 0 Å². The molecule has 7 heteroatoms. The van der Waals surface area contributed by atoms with Crippen LogP contribution >= 0.6 is 34.3 Å². The van der Waals surface area contributed by atoms with E-state index in [4.69, 9.17) is 16.3 Å². The lowest BCUT2D eigenvalue weighted by Gasteiger charge is -2.05. The van der Waals surface area contributed by atoms with Crippen molar-refractivity contribution in [1.29, 1.82) is 0 Å². The van der Waals surface area contributed by atoms with Gasteiger partial charge in [-0.15, -0.1) is 11.3 Å². The molecular formula is C15H11ClN2O2S2. The second kappa shape index (κ2) is 6.91. The minimum atomic E-state index is -0.125. The van der Waals surface area contributed by atoms with Gasteiger partial charge in [0, 0.05) is 18.1 Å². The van der Waals surface area contributed by atoms with E-state index in [0.29, 0.717) is 21.0 Å². The molecule has 0 bridgehead atoms. The molecule has 1 aromatic carbocycles. The van der Waals surface area contributed by atoms with Gasteiger partial charge in [0.2, 0.25) is 0 Å². The molecule has 1 amide bonds. The molecule has 0 aliphatic heterocycles. The van der Waals surface area contributed by atoms with E-state index < -0.39 is 0 Å². The molecular weight excluding hydrogens is 340 g/mol. The van der Waals surface area contributed by atoms with Crippen LogP contribution in [0.25, 0.3) is 0 Å². The smallest absolute Gasteiger partial charge is 0.278 e. The van der Waals surface area contributed by atoms with Crippen LogP contribution in [0.2, 0.25) is 4.34 Å². The molecule has 0 unspecified atom stereocenters. The number of carbonyl (C=O) groups is 1. The zero-order valence-electron chi connectivity index (χ0n) is 11.3. The number of carbonyl (C=O) groups excluding carboxylic acids is 1. The van der Waals surface area contributed by atoms with E-state index in [9.17, 15) is 4.79 Å². The Morgan fingerprint density at radius 3 is 2.68 bits per heavy atom. The number of hydrogen-bond acceptors (Lipinski definition) is 5. The Kier molecular flexibility index (Phi) is 4.72. The van der Waals surface area contributed by atoms with E-state index >= 15 is 0 Å². The first kappa shape index (κ1) is 15.0. The number of aromatic nitrogens is 1. The van der Waals surface area contributed by atoms with Crippen molar-refractivity contribution in [2.45, 2.75) is 6.54 Å². The minimum Gasteiger partial charge on any atom is -0.431 e. The summed E-state index contributed by atoms with van der Waals surface area (Å²) in [4.78, 5) is 16.6. The number of nitrogens with one attached hydrogen (secondary N) is 1. The fourth-order valence-corrected chi connectivity index (χ4v) is 3.21. The summed E-state index contributed by atoms with van der Waals surface area (Å²) < 4.78 is 6.18. The second-order valence-electron chi connectivity index (χ2n) is 4.33. The summed E-state index contributed by atoms with van der Waals surface area (Å²) in [6.07, 6.45) is 1.70. The van der Waals surface area contributed by atoms with Crippen molar-refractivity contribution in [3.05, 3.63) is 62.8 Å². The topological polar surface area (TPSA) is 51.2 Å². The Morgan fingerprint density at radius 1 is 1.23 bits per heavy atom. The fourth-order valence-electron chi connectivity index (χ4n) is 1.74. The Hall–Kier alpha value is -1.89. The maximum absolute atomic E-state index is 11.9. The average Bonchev–Trinajstić information content (AvgIpc) is 3.18. The highest BCUT2D eigenvalue weighted by Gasteiger charge is 2.08. The molecule has 3 rings (SSSR count). The molecule has 4 nitrogen and oxygen atoms in total. The lowest BCUT2D eigenvalue weighted by molar-refractivity contribution is 0.0955. The third-order valence-electron chi connectivity index (χ3n) is 2.79. The molecule has 2 heterocycles. The summed E-state index contributed by atoms with van der Waals surface area (Å²) in [7, 11) is 0. The molecule has 1 N–H and O–H groups in total. The number of hydrogen-bond donors (Lipinski definition) is 1. The monoisotopic (exact) mass is 350 g/mol. The van der Waals surface area contributed by atoms with E-state index in [2.05, 4.69) is 10.3 Å². The van der Waals surface area contributed by atoms with Crippen molar-refractivity contribution in [2.24, 2.45) is 0 Å². The van der Waals surface area contributed by atoms with Gasteiger partial charge in [0.15, 0.2) is 0 Å². The number of thiophene rings is 1. The van der Waals surface area contributed by atoms with Crippen molar-refractivity contribution in [2.75, 3.05) is 0 Å². The Labute approximate surface area is 140 Å². The first-order valence-electron chi connectivity index (χ1n) is 6.40. The quantitative estimate of drug-likeness (QED) is 0.732. The summed E-state index contributed by atoms with van der Waals surface area (Å²) >= 11 is 8.52. The Balaban J connectivity index is 1.56. The van der Waals surface area contributed by atoms with Gasteiger partial charge in [-0.2, -0.15) is 0 Å². The van der Waals surface area contributed by atoms with Crippen LogP contribution in [-0.2, 0) is 6.54 Å². The molecule has 3 aromatic rings. The first-order valence-corrected chi connectivity index (χ1v) is 8.48. The second-order valence-corrected chi connectivity index (χ2v) is 6.90. The van der Waals surface area contributed by atoms with Crippen LogP contribution < -0.4 is 10.1 Å². The molecule has 0 saturated heterocycles. The van der Waals surface area contributed by atoms with Gasteiger partial charge in [-0.05, 0) is 29.8 Å². The van der Waals surface area contributed by atoms with Gasteiger partial charge < -0.3 is 10.1 Å². The average molecular weight is 351 g/mol. The predicted molar refractivity (Wildman–Crippen MR) is 89.1 cm³/mol. The third-order valence-corrected chi connectivity index (χ3v) is 4.67. The first-order chi connectivity index (χ1) is 10.7. The molecule has 2 aromatic heterocycles. The van der Waals surface area contributed by atoms with E-state index in [1.807, 2.05) is 29.6 Å². The highest BCUT2D eigenvalue weighted by Crippen LogP contribution is 2.24. The number of halogens is 1. The molecule has 0 spiro atoms. The normalized spacial score (nSPS) is 10.4. The molecule has 0 aliphatic carbocycles. The Bertz CT molecular complexity index is 754. The summed E-state index contributed by atoms with van der Waals surface area (Å²) in [6.45, 7) is 0.450. The summed E-state index contributed by atoms with van der Waals surface area (Å²) in [5.74, 6) is 0.593. The lowest BCUT2D eigenvalue weighted by Crippen LogP contribution is -2.21. The molecule has 22 heavy (non-hydrogen) atoms. The van der Waals surface area contributed by atoms with Crippen LogP contribution in [0.3, 0.4) is 0 Å². The molecule has 0 saturated carbocycles. The van der Waals surface area contributed by atoms with E-state index in [1.54, 1.807) is 18.3 Å². The maximum Gasteiger partial charge on any atom is 0.278 e. The van der Waals surface area contributed by atoms with Crippen molar-refractivity contribution < 1.29 is 9.53 Å². The van der Waals surface area contributed by atoms with Crippen LogP contribution in [-0.4, -0.2) is 10.9 Å². The van der Waals surface area contributed by atoms with Gasteiger partial charge >= 0.3 is 0 Å². The zero-order chi connectivity index (χ0) is 15.4. The number of thiazole rings is 1. The molecule has 0 atom stereocenters. The minimum absolute atomic E-state index is 0.125. The number of amides is 1. The van der Waals surface area contributed by atoms with E-state index in [0.717, 1.165) is 11.3 Å². The number of benzene rings is 1. The van der Waals surface area contributed by atoms with E-state index in [-0.39, 0.29) is 5.91 Å². The van der Waals surface area contributed by atoms with Crippen LogP contribution in [0.15, 0.2) is 48.0 Å². The van der Waals surface area contributed by atoms with Gasteiger partial charge in [0.1, 0.15) is 5.75 Å². The fraction of sp³-hybridized carbons (Fsp3) is 0.0667. The third kappa shape index (κ3) is 3.85. The predicted octanol–water partition coefficient (Wildman–Crippen LogP) is 4.58. The van der Waals surface area contributed by atoms with E-state index in [1.165, 1.54) is 22.7 Å². The van der Waals surface area contributed by atoms with Gasteiger partial charge in [-0.3, -0.25) is 4.79 Å². The van der Waals surface area contributed by atoms with Gasteiger partial charge in [-0.25, -0.2) is 4.98 Å². The van der Waals surface area contributed by atoms with Crippen molar-refractivity contribution in [3.8, 4) is 10.9 Å². The Morgan fingerprint density at radius 2 is 2.05 bits per heavy atom. The van der Waals surface area contributed by atoms with Gasteiger partial charge in [-0.1, -0.05) is 35.1 Å². The van der Waals surface area contributed by atoms with Crippen molar-refractivity contribution in [1.82, 2.24) is 10.3 Å². The van der Waals surface area contributed by atoms with Crippen LogP contribution in [0, 0.1) is 0 Å². The summed E-state index contributed by atoms with van der Waals surface area (Å²) in [5.41, 5.74) is 0.988. The molecule has 0 aliphatic rings. The number of rotatable bonds is 5. The number of ether oxygens (including phenoxy) is 1. The standard InChI is InChI=1S/C15H11ClN2O2S2/c16-13-6-5-12(22-13)14(19)18-9-10-1-3-11(4-2-10)20-15-17-7-8-21-15/h1-8H,9H2,(H,18,19). The van der Waals surface area contributed by atoms with Crippen LogP contribution in [0.5, 0.6) is 10.9 Å². The lowest BCUT2D eigenvalue weighted by atomic mass is 10.2. The highest BCUT2D eigenvalue weighted by molar-refractivity contribution is 7.18. The zero-order valence-corrected chi connectivity index (χ0v) is 13.7. The maximum atomic E-state index is 11.9. The van der Waals surface area contributed by atoms with Gasteiger partial charge in [0.05, 0.1) is 9.21 Å². The van der Waals surface area contributed by atoms with Crippen LogP contribution in [0.1, 0.15) is 15.2 Å². The van der Waals surface area contributed by atoms with Crippen molar-refractivity contribution >= 4 is 40.2 Å². The molecule has 0 radical (unpaired) electrons. The SMILES string of the molecule is O=C(NCc1ccc(Oc2nccs2)cc1)c1ccc(Cl)s1. The summed E-state index contributed by atoms with van der Waals surface area (Å²) in [6, 6.07) is 10.9. The highest BCUT2D eigenvalue weighted by atomic mass is 35.5. The van der Waals surface area contributed by atoms with Gasteiger partial charge in [0.25, 0.3) is 11.1 Å². The van der Waals surface area contributed by atoms with Crippen molar-refractivity contribution in [3.63, 3.8) is 0 Å².